The highest BCUT2D eigenvalue weighted by Crippen LogP contribution is 2.22. The van der Waals surface area contributed by atoms with Crippen molar-refractivity contribution in [3.63, 3.8) is 0 Å². The average Bonchev–Trinajstić information content (AvgIpc) is 2.90. The van der Waals surface area contributed by atoms with Gasteiger partial charge in [0.2, 0.25) is 5.91 Å². The van der Waals surface area contributed by atoms with Gasteiger partial charge in [0, 0.05) is 11.1 Å². The Kier molecular flexibility index (Phi) is 4.14. The van der Waals surface area contributed by atoms with Crippen LogP contribution in [0.5, 0.6) is 0 Å². The third kappa shape index (κ3) is 3.21. The second-order valence-corrected chi connectivity index (χ2v) is 5.34. The normalized spacial score (nSPS) is 11.9. The van der Waals surface area contributed by atoms with Crippen molar-refractivity contribution in [2.24, 2.45) is 0 Å². The molecule has 0 aliphatic rings. The Hall–Kier alpha value is -2.21. The summed E-state index contributed by atoms with van der Waals surface area (Å²) in [5.74, 6) is -1.78. The SMILES string of the molecule is Cc1ccc(NC(=O)[C@@H](C)c2nc(C(=O)O)cs2)cc1. The molecular weight excluding hydrogens is 276 g/mol. The molecule has 0 aliphatic heterocycles. The number of benzene rings is 1. The van der Waals surface area contributed by atoms with E-state index < -0.39 is 11.9 Å². The van der Waals surface area contributed by atoms with Crippen molar-refractivity contribution in [3.8, 4) is 0 Å². The van der Waals surface area contributed by atoms with E-state index in [2.05, 4.69) is 10.3 Å². The molecule has 0 spiro atoms. The summed E-state index contributed by atoms with van der Waals surface area (Å²) in [6.45, 7) is 3.67. The molecule has 0 fully saturated rings. The zero-order valence-electron chi connectivity index (χ0n) is 11.1. The van der Waals surface area contributed by atoms with Crippen LogP contribution in [0.15, 0.2) is 29.6 Å². The van der Waals surface area contributed by atoms with Crippen molar-refractivity contribution in [3.05, 3.63) is 45.9 Å². The minimum Gasteiger partial charge on any atom is -0.476 e. The van der Waals surface area contributed by atoms with Gasteiger partial charge in [0.1, 0.15) is 5.01 Å². The molecule has 2 rings (SSSR count). The average molecular weight is 290 g/mol. The van der Waals surface area contributed by atoms with Gasteiger partial charge >= 0.3 is 5.97 Å². The van der Waals surface area contributed by atoms with Crippen molar-refractivity contribution in [1.29, 1.82) is 0 Å². The molecule has 1 atom stereocenters. The maximum absolute atomic E-state index is 12.1. The Labute approximate surface area is 120 Å². The van der Waals surface area contributed by atoms with Crippen LogP contribution < -0.4 is 5.32 Å². The summed E-state index contributed by atoms with van der Waals surface area (Å²) in [6.07, 6.45) is 0. The van der Waals surface area contributed by atoms with Gasteiger partial charge in [0.15, 0.2) is 5.69 Å². The summed E-state index contributed by atoms with van der Waals surface area (Å²) >= 11 is 1.17. The van der Waals surface area contributed by atoms with Crippen LogP contribution in [0.2, 0.25) is 0 Å². The number of carboxylic acid groups (broad SMARTS) is 1. The first kappa shape index (κ1) is 14.2. The second kappa shape index (κ2) is 5.83. The largest absolute Gasteiger partial charge is 0.476 e. The van der Waals surface area contributed by atoms with Crippen molar-refractivity contribution < 1.29 is 14.7 Å². The van der Waals surface area contributed by atoms with Gasteiger partial charge < -0.3 is 10.4 Å². The van der Waals surface area contributed by atoms with Crippen LogP contribution in [0.4, 0.5) is 5.69 Å². The summed E-state index contributed by atoms with van der Waals surface area (Å²) in [5.41, 5.74) is 1.80. The minimum atomic E-state index is -1.08. The molecule has 104 valence electrons. The van der Waals surface area contributed by atoms with Crippen LogP contribution >= 0.6 is 11.3 Å². The fraction of sp³-hybridized carbons (Fsp3) is 0.214. The van der Waals surface area contributed by atoms with Gasteiger partial charge in [-0.1, -0.05) is 17.7 Å². The van der Waals surface area contributed by atoms with E-state index in [1.54, 1.807) is 6.92 Å². The predicted octanol–water partition coefficient (Wildman–Crippen LogP) is 2.89. The Morgan fingerprint density at radius 3 is 2.50 bits per heavy atom. The topological polar surface area (TPSA) is 79.3 Å². The van der Waals surface area contributed by atoms with Crippen LogP contribution in [0, 0.1) is 6.92 Å². The standard InChI is InChI=1S/C14H14N2O3S/c1-8-3-5-10(6-4-8)15-12(17)9(2)13-16-11(7-20-13)14(18)19/h3-7,9H,1-2H3,(H,15,17)(H,18,19)/t9-/m1/s1. The maximum Gasteiger partial charge on any atom is 0.355 e. The number of hydrogen-bond acceptors (Lipinski definition) is 4. The number of aromatic nitrogens is 1. The van der Waals surface area contributed by atoms with Crippen molar-refractivity contribution in [2.75, 3.05) is 5.32 Å². The number of carbonyl (C=O) groups excluding carboxylic acids is 1. The van der Waals surface area contributed by atoms with E-state index in [1.165, 1.54) is 16.7 Å². The van der Waals surface area contributed by atoms with E-state index in [0.29, 0.717) is 10.7 Å². The van der Waals surface area contributed by atoms with Crippen molar-refractivity contribution in [1.82, 2.24) is 4.98 Å². The summed E-state index contributed by atoms with van der Waals surface area (Å²) < 4.78 is 0. The summed E-state index contributed by atoms with van der Waals surface area (Å²) in [6, 6.07) is 7.47. The first-order valence-corrected chi connectivity index (χ1v) is 6.91. The number of amides is 1. The molecule has 2 aromatic rings. The van der Waals surface area contributed by atoms with Gasteiger partial charge in [-0.3, -0.25) is 4.79 Å². The van der Waals surface area contributed by atoms with E-state index >= 15 is 0 Å². The lowest BCUT2D eigenvalue weighted by atomic mass is 10.1. The van der Waals surface area contributed by atoms with E-state index in [0.717, 1.165) is 5.56 Å². The minimum absolute atomic E-state index is 0.0278. The molecule has 1 amide bonds. The smallest absolute Gasteiger partial charge is 0.355 e. The van der Waals surface area contributed by atoms with E-state index in [-0.39, 0.29) is 11.6 Å². The lowest BCUT2D eigenvalue weighted by molar-refractivity contribution is -0.117. The Morgan fingerprint density at radius 2 is 1.95 bits per heavy atom. The van der Waals surface area contributed by atoms with Crippen LogP contribution in [0.25, 0.3) is 0 Å². The molecule has 0 unspecified atom stereocenters. The van der Waals surface area contributed by atoms with Crippen LogP contribution in [-0.4, -0.2) is 22.0 Å². The molecule has 1 heterocycles. The number of rotatable bonds is 4. The molecule has 6 heteroatoms. The summed E-state index contributed by atoms with van der Waals surface area (Å²) in [4.78, 5) is 26.8. The highest BCUT2D eigenvalue weighted by Gasteiger charge is 2.20. The number of aryl methyl sites for hydroxylation is 1. The van der Waals surface area contributed by atoms with Crippen LogP contribution in [-0.2, 0) is 4.79 Å². The Bertz CT molecular complexity index is 634. The third-order valence-electron chi connectivity index (χ3n) is 2.82. The number of carboxylic acids is 1. The molecule has 5 nitrogen and oxygen atoms in total. The van der Waals surface area contributed by atoms with Gasteiger partial charge in [-0.15, -0.1) is 11.3 Å². The predicted molar refractivity (Wildman–Crippen MR) is 77.3 cm³/mol. The molecule has 0 saturated carbocycles. The van der Waals surface area contributed by atoms with Crippen LogP contribution in [0.3, 0.4) is 0 Å². The van der Waals surface area contributed by atoms with Gasteiger partial charge in [-0.05, 0) is 26.0 Å². The van der Waals surface area contributed by atoms with E-state index in [1.807, 2.05) is 31.2 Å². The number of nitrogens with one attached hydrogen (secondary N) is 1. The molecule has 20 heavy (non-hydrogen) atoms. The van der Waals surface area contributed by atoms with Gasteiger partial charge in [-0.25, -0.2) is 9.78 Å². The summed E-state index contributed by atoms with van der Waals surface area (Å²) in [5, 5.41) is 13.5. The number of nitrogens with zero attached hydrogens (tertiary/aromatic N) is 1. The number of carbonyl (C=O) groups is 2. The Morgan fingerprint density at radius 1 is 1.30 bits per heavy atom. The lowest BCUT2D eigenvalue weighted by Crippen LogP contribution is -2.18. The zero-order valence-corrected chi connectivity index (χ0v) is 11.9. The third-order valence-corrected chi connectivity index (χ3v) is 3.85. The van der Waals surface area contributed by atoms with Gasteiger partial charge in [0.25, 0.3) is 0 Å². The van der Waals surface area contributed by atoms with E-state index in [4.69, 9.17) is 5.11 Å². The molecule has 2 N–H and O–H groups in total. The molecule has 0 radical (unpaired) electrons. The monoisotopic (exact) mass is 290 g/mol. The second-order valence-electron chi connectivity index (χ2n) is 4.45. The van der Waals surface area contributed by atoms with Crippen molar-refractivity contribution in [2.45, 2.75) is 19.8 Å². The zero-order chi connectivity index (χ0) is 14.7. The number of hydrogen-bond donors (Lipinski definition) is 2. The fourth-order valence-electron chi connectivity index (χ4n) is 1.58. The molecule has 0 saturated heterocycles. The molecule has 1 aromatic carbocycles. The highest BCUT2D eigenvalue weighted by molar-refractivity contribution is 7.10. The Balaban J connectivity index is 2.07. The maximum atomic E-state index is 12.1. The van der Waals surface area contributed by atoms with Gasteiger partial charge in [-0.2, -0.15) is 0 Å². The van der Waals surface area contributed by atoms with E-state index in [9.17, 15) is 9.59 Å². The molecular formula is C14H14N2O3S. The van der Waals surface area contributed by atoms with Gasteiger partial charge in [0.05, 0.1) is 5.92 Å². The van der Waals surface area contributed by atoms with Crippen LogP contribution in [0.1, 0.15) is 33.9 Å². The number of aromatic carboxylic acids is 1. The summed E-state index contributed by atoms with van der Waals surface area (Å²) in [7, 11) is 0. The quantitative estimate of drug-likeness (QED) is 0.907. The fourth-order valence-corrected chi connectivity index (χ4v) is 2.43. The number of thiazole rings is 1. The first-order valence-electron chi connectivity index (χ1n) is 6.03. The number of anilines is 1. The van der Waals surface area contributed by atoms with Crippen molar-refractivity contribution >= 4 is 28.9 Å². The molecule has 1 aromatic heterocycles. The lowest BCUT2D eigenvalue weighted by Gasteiger charge is -2.09. The highest BCUT2D eigenvalue weighted by atomic mass is 32.1. The molecule has 0 aliphatic carbocycles. The first-order chi connectivity index (χ1) is 9.47. The molecule has 0 bridgehead atoms.